The molecule has 2 aliphatic rings. The van der Waals surface area contributed by atoms with Gasteiger partial charge in [-0.15, -0.1) is 68.0 Å². The number of primary amides is 2. The van der Waals surface area contributed by atoms with E-state index in [1.807, 2.05) is 6.92 Å². The number of carbonyl (C=O) groups excluding carboxylic acids is 6. The molecule has 9 heterocycles. The van der Waals surface area contributed by atoms with Crippen LogP contribution < -0.4 is 32.2 Å². The fourth-order valence-corrected chi connectivity index (χ4v) is 15.1. The van der Waals surface area contributed by atoms with Gasteiger partial charge in [-0.05, 0) is 48.7 Å². The standard InChI is InChI=1S/C57H51N13O11S6/c1-25-39(71)19-70-45(25)56-67-38(24-86-56)53-63-34(20-83-53)43-30(14-15-31(60-43)52-64-35(21-84-52)47(59)76)51-65-36(22-82-51)48(77)61-32(18-40(58)72)54-69-42(26(2)87-54)50(79)68-44(46(75)28-7-4-3-5-8-28)55-66-37(23-85-55)49(78)62-33(57(70)80)17-27-10-12-29(13-11-27)81-16-6-9-41(73)74/h3-5,7-8,10-15,20-25,32-33,39,44-46,71,75H,6,9,16-19H2,1-2H3,(H2,58,72)(H2,59,76)(H,61,77)(H,62,78)(H,68,79)(H,73,74)/t25-,32-,33-,39-,44-,45-,46+/m0/s1. The number of aryl methyl sites for hydroxylation is 1. The van der Waals surface area contributed by atoms with E-state index in [0.717, 1.165) is 45.3 Å². The maximum atomic E-state index is 15.3. The van der Waals surface area contributed by atoms with Crippen molar-refractivity contribution >= 4 is 109 Å². The Bertz CT molecular complexity index is 4090. The molecule has 30 heteroatoms. The third-order valence-corrected chi connectivity index (χ3v) is 19.8. The maximum Gasteiger partial charge on any atom is 0.303 e. The average Bonchev–Trinajstić information content (AvgIpc) is 2.14. The lowest BCUT2D eigenvalue weighted by Crippen LogP contribution is -2.50. The van der Waals surface area contributed by atoms with Crippen LogP contribution in [-0.2, 0) is 20.8 Å². The average molecular weight is 1290 g/mol. The van der Waals surface area contributed by atoms with Gasteiger partial charge in [0.2, 0.25) is 11.8 Å². The van der Waals surface area contributed by atoms with Gasteiger partial charge in [-0.3, -0.25) is 33.6 Å². The zero-order chi connectivity index (χ0) is 61.2. The molecule has 1 fully saturated rings. The number of aliphatic hydroxyl groups is 2. The molecule has 0 aliphatic carbocycles. The molecular weight excluding hydrogens is 1240 g/mol. The summed E-state index contributed by atoms with van der Waals surface area (Å²) >= 11 is 6.84. The summed E-state index contributed by atoms with van der Waals surface area (Å²) in [5.74, 6) is -5.25. The molecule has 7 aromatic heterocycles. The zero-order valence-electron chi connectivity index (χ0n) is 45.8. The Morgan fingerprint density at radius 1 is 0.690 bits per heavy atom. The number of benzene rings is 2. The minimum atomic E-state index is -1.42. The molecule has 1 saturated heterocycles. The van der Waals surface area contributed by atoms with Gasteiger partial charge in [0.25, 0.3) is 23.6 Å². The third-order valence-electron chi connectivity index (χ3n) is 14.3. The predicted octanol–water partition coefficient (Wildman–Crippen LogP) is 6.93. The monoisotopic (exact) mass is 1290 g/mol. The Kier molecular flexibility index (Phi) is 17.8. The first-order chi connectivity index (χ1) is 41.8. The van der Waals surface area contributed by atoms with E-state index in [9.17, 15) is 39.0 Å². The van der Waals surface area contributed by atoms with Crippen LogP contribution in [0.5, 0.6) is 5.75 Å². The number of rotatable bonds is 13. The maximum absolute atomic E-state index is 15.3. The molecule has 2 aliphatic heterocycles. The molecule has 10 bridgehead atoms. The molecule has 6 amide bonds. The Morgan fingerprint density at radius 3 is 2.08 bits per heavy atom. The van der Waals surface area contributed by atoms with Crippen LogP contribution in [0.3, 0.4) is 0 Å². The molecule has 11 rings (SSSR count). The Labute approximate surface area is 518 Å². The van der Waals surface area contributed by atoms with Crippen LogP contribution in [0.2, 0.25) is 0 Å². The number of hydrogen-bond donors (Lipinski definition) is 8. The van der Waals surface area contributed by atoms with Crippen molar-refractivity contribution in [3.8, 4) is 49.1 Å². The third kappa shape index (κ3) is 13.2. The van der Waals surface area contributed by atoms with E-state index in [4.69, 9.17) is 41.2 Å². The summed E-state index contributed by atoms with van der Waals surface area (Å²) in [6.07, 6.45) is -2.65. The van der Waals surface area contributed by atoms with Gasteiger partial charge >= 0.3 is 5.97 Å². The van der Waals surface area contributed by atoms with Gasteiger partial charge < -0.3 is 52.4 Å². The molecule has 0 radical (unpaired) electrons. The number of aliphatic carboxylic acids is 1. The molecule has 87 heavy (non-hydrogen) atoms. The van der Waals surface area contributed by atoms with Crippen LogP contribution in [0.15, 0.2) is 93.6 Å². The molecule has 0 spiro atoms. The van der Waals surface area contributed by atoms with E-state index in [2.05, 4.69) is 30.9 Å². The van der Waals surface area contributed by atoms with Gasteiger partial charge in [-0.2, -0.15) is 0 Å². The number of hydrogen-bond acceptors (Lipinski definition) is 23. The highest BCUT2D eigenvalue weighted by Gasteiger charge is 2.45. The number of aromatic nitrogens is 7. The van der Waals surface area contributed by atoms with Crippen molar-refractivity contribution in [1.29, 1.82) is 0 Å². The number of carbonyl (C=O) groups is 7. The quantitative estimate of drug-likeness (QED) is 0.0542. The summed E-state index contributed by atoms with van der Waals surface area (Å²) in [5.41, 5.74) is 14.2. The highest BCUT2D eigenvalue weighted by Crippen LogP contribution is 2.43. The number of nitrogens with one attached hydrogen (secondary N) is 3. The number of nitrogens with zero attached hydrogens (tertiary/aromatic N) is 8. The first-order valence-corrected chi connectivity index (χ1v) is 32.0. The second kappa shape index (κ2) is 25.8. The summed E-state index contributed by atoms with van der Waals surface area (Å²) in [6, 6.07) is 14.3. The summed E-state index contributed by atoms with van der Waals surface area (Å²) < 4.78 is 5.77. The Balaban J connectivity index is 1.00. The summed E-state index contributed by atoms with van der Waals surface area (Å²) in [5, 5.41) is 51.3. The van der Waals surface area contributed by atoms with Crippen LogP contribution >= 0.6 is 68.0 Å². The zero-order valence-corrected chi connectivity index (χ0v) is 50.7. The van der Waals surface area contributed by atoms with Gasteiger partial charge in [-0.25, -0.2) is 34.9 Å². The van der Waals surface area contributed by atoms with Crippen molar-refractivity contribution in [3.05, 3.63) is 147 Å². The lowest BCUT2D eigenvalue weighted by Gasteiger charge is -2.29. The van der Waals surface area contributed by atoms with E-state index < -0.39 is 90.1 Å². The molecule has 24 nitrogen and oxygen atoms in total. The van der Waals surface area contributed by atoms with Crippen LogP contribution in [-0.4, -0.2) is 122 Å². The SMILES string of the molecule is Cc1sc2nc1C(=O)N[C@@H]([C@H](O)c1ccccc1)c1nc(cs1)C(=O)N[C@@H](Cc1ccc(OCCCC(=O)O)cc1)C(=O)N1C[C@H](O)[C@H](C)[C@H]1c1nc(cs1)-c1nc(cs1)-c1nc(-c3nc(C(N)=O)cs3)ccc1-c1nc(cs1)C(=O)N[C@H]2CC(N)=O. The summed E-state index contributed by atoms with van der Waals surface area (Å²) in [4.78, 5) is 130. The number of thiazole rings is 6. The van der Waals surface area contributed by atoms with Crippen molar-refractivity contribution < 1.29 is 53.6 Å². The number of pyridine rings is 1. The first kappa shape index (κ1) is 60.1. The number of amides is 6. The van der Waals surface area contributed by atoms with Crippen molar-refractivity contribution in [2.75, 3.05) is 13.2 Å². The van der Waals surface area contributed by atoms with E-state index >= 15 is 4.79 Å². The molecule has 7 atom stereocenters. The Hall–Kier alpha value is -8.62. The van der Waals surface area contributed by atoms with E-state index in [1.165, 1.54) is 43.7 Å². The van der Waals surface area contributed by atoms with Gasteiger partial charge in [0.05, 0.1) is 36.9 Å². The number of carboxylic acid groups (broad SMARTS) is 1. The smallest absolute Gasteiger partial charge is 0.303 e. The molecule has 0 saturated carbocycles. The van der Waals surface area contributed by atoms with Gasteiger partial charge in [0.15, 0.2) is 0 Å². The van der Waals surface area contributed by atoms with Crippen LogP contribution in [0.25, 0.3) is 43.4 Å². The number of nitrogens with two attached hydrogens (primary N) is 2. The summed E-state index contributed by atoms with van der Waals surface area (Å²) in [7, 11) is 0. The number of carboxylic acids is 1. The predicted molar refractivity (Wildman–Crippen MR) is 325 cm³/mol. The normalized spacial score (nSPS) is 19.3. The number of ether oxygens (including phenoxy) is 1. The molecule has 2 aromatic carbocycles. The summed E-state index contributed by atoms with van der Waals surface area (Å²) in [6.45, 7) is 3.49. The fraction of sp³-hybridized carbons (Fsp3) is 0.263. The molecule has 10 N–H and O–H groups in total. The minimum absolute atomic E-state index is 0.0268. The van der Waals surface area contributed by atoms with Crippen LogP contribution in [0, 0.1) is 12.8 Å². The van der Waals surface area contributed by atoms with Crippen molar-refractivity contribution in [3.63, 3.8) is 0 Å². The molecular formula is C57H51N13O11S6. The highest BCUT2D eigenvalue weighted by molar-refractivity contribution is 7.15. The topological polar surface area (TPSA) is 371 Å². The fourth-order valence-electron chi connectivity index (χ4n) is 9.81. The van der Waals surface area contributed by atoms with Gasteiger partial charge in [0, 0.05) is 62.6 Å². The molecule has 9 aromatic rings. The van der Waals surface area contributed by atoms with Gasteiger partial charge in [0.1, 0.15) is 93.8 Å². The second-order valence-corrected chi connectivity index (χ2v) is 25.8. The van der Waals surface area contributed by atoms with Crippen molar-refractivity contribution in [2.24, 2.45) is 17.4 Å². The van der Waals surface area contributed by atoms with E-state index in [-0.39, 0.29) is 65.2 Å². The number of fused-ring (bicyclic) bond motifs is 16. The molecule has 0 unspecified atom stereocenters. The van der Waals surface area contributed by atoms with Gasteiger partial charge in [-0.1, -0.05) is 49.4 Å². The van der Waals surface area contributed by atoms with Crippen molar-refractivity contribution in [2.45, 2.75) is 75.9 Å². The minimum Gasteiger partial charge on any atom is -0.494 e. The largest absolute Gasteiger partial charge is 0.494 e. The first-order valence-electron chi connectivity index (χ1n) is 26.8. The van der Waals surface area contributed by atoms with Crippen molar-refractivity contribution in [1.82, 2.24) is 55.7 Å². The van der Waals surface area contributed by atoms with E-state index in [1.54, 1.807) is 84.4 Å². The second-order valence-electron chi connectivity index (χ2n) is 20.3. The highest BCUT2D eigenvalue weighted by atomic mass is 32.1. The molecule has 446 valence electrons. The Morgan fingerprint density at radius 2 is 1.34 bits per heavy atom. The van der Waals surface area contributed by atoms with Crippen LogP contribution in [0.1, 0.15) is 123 Å². The number of aliphatic hydroxyl groups excluding tert-OH is 2. The van der Waals surface area contributed by atoms with E-state index in [0.29, 0.717) is 70.1 Å². The van der Waals surface area contributed by atoms with Crippen LogP contribution in [0.4, 0.5) is 0 Å². The lowest BCUT2D eigenvalue weighted by molar-refractivity contribution is -0.137. The lowest BCUT2D eigenvalue weighted by atomic mass is 10.00.